The third kappa shape index (κ3) is 2.85. The quantitative estimate of drug-likeness (QED) is 0.819. The average Bonchev–Trinajstić information content (AvgIpc) is 2.64. The Balaban J connectivity index is 2.19. The van der Waals surface area contributed by atoms with E-state index in [0.29, 0.717) is 17.0 Å². The van der Waals surface area contributed by atoms with Gasteiger partial charge in [-0.25, -0.2) is 4.98 Å². The zero-order chi connectivity index (χ0) is 12.4. The van der Waals surface area contributed by atoms with Crippen LogP contribution in [0, 0.1) is 0 Å². The molecule has 0 fully saturated rings. The van der Waals surface area contributed by atoms with Gasteiger partial charge in [-0.1, -0.05) is 11.6 Å². The Bertz CT molecular complexity index is 501. The fourth-order valence-corrected chi connectivity index (χ4v) is 1.52. The number of nitrogens with zero attached hydrogens (tertiary/aromatic N) is 4. The molecule has 7 heteroatoms. The normalized spacial score (nSPS) is 10.8. The third-order valence-corrected chi connectivity index (χ3v) is 2.31. The number of halogens is 1. The minimum atomic E-state index is 0.135. The van der Waals surface area contributed by atoms with Crippen LogP contribution in [0.3, 0.4) is 0 Å². The van der Waals surface area contributed by atoms with Crippen molar-refractivity contribution >= 4 is 29.1 Å². The maximum atomic E-state index is 5.78. The molecular weight excluding hydrogens is 240 g/mol. The Morgan fingerprint density at radius 2 is 2.18 bits per heavy atom. The Labute approximate surface area is 104 Å². The van der Waals surface area contributed by atoms with Crippen LogP contribution in [-0.2, 0) is 0 Å². The predicted molar refractivity (Wildman–Crippen MR) is 67.3 cm³/mol. The van der Waals surface area contributed by atoms with Crippen molar-refractivity contribution in [3.05, 3.63) is 23.6 Å². The van der Waals surface area contributed by atoms with Gasteiger partial charge in [-0.05, 0) is 13.8 Å². The second-order valence-corrected chi connectivity index (χ2v) is 4.25. The monoisotopic (exact) mass is 252 g/mol. The van der Waals surface area contributed by atoms with Gasteiger partial charge in [-0.3, -0.25) is 4.68 Å². The van der Waals surface area contributed by atoms with Crippen molar-refractivity contribution in [1.29, 1.82) is 0 Å². The molecule has 0 aliphatic carbocycles. The first kappa shape index (κ1) is 11.7. The van der Waals surface area contributed by atoms with Crippen LogP contribution in [-0.4, -0.2) is 19.7 Å². The molecule has 0 spiro atoms. The molecule has 90 valence electrons. The van der Waals surface area contributed by atoms with E-state index in [1.54, 1.807) is 12.3 Å². The first-order chi connectivity index (χ1) is 8.04. The average molecular weight is 253 g/mol. The van der Waals surface area contributed by atoms with Gasteiger partial charge in [-0.2, -0.15) is 10.1 Å². The van der Waals surface area contributed by atoms with Gasteiger partial charge in [0.15, 0.2) is 0 Å². The number of hydrogen-bond acceptors (Lipinski definition) is 5. The molecule has 17 heavy (non-hydrogen) atoms. The highest BCUT2D eigenvalue weighted by molar-refractivity contribution is 6.29. The van der Waals surface area contributed by atoms with Gasteiger partial charge in [0.2, 0.25) is 5.95 Å². The highest BCUT2D eigenvalue weighted by Gasteiger charge is 2.04. The fourth-order valence-electron chi connectivity index (χ4n) is 1.33. The highest BCUT2D eigenvalue weighted by Crippen LogP contribution is 2.18. The van der Waals surface area contributed by atoms with Gasteiger partial charge < -0.3 is 11.1 Å². The molecule has 2 aromatic rings. The summed E-state index contributed by atoms with van der Waals surface area (Å²) in [7, 11) is 0. The van der Waals surface area contributed by atoms with E-state index in [0.717, 1.165) is 5.69 Å². The summed E-state index contributed by atoms with van der Waals surface area (Å²) in [6, 6.07) is 1.91. The summed E-state index contributed by atoms with van der Waals surface area (Å²) in [4.78, 5) is 7.80. The van der Waals surface area contributed by atoms with Gasteiger partial charge in [-0.15, -0.1) is 0 Å². The molecule has 0 atom stereocenters. The standard InChI is InChI=1S/C10H13ClN6/c1-6(2)17-5-7(4-13-17)14-9-3-8(11)15-10(12)16-9/h3-6H,1-2H3,(H3,12,14,15,16). The van der Waals surface area contributed by atoms with E-state index in [2.05, 4.69) is 34.2 Å². The first-order valence-electron chi connectivity index (χ1n) is 5.16. The van der Waals surface area contributed by atoms with Crippen LogP contribution in [0.15, 0.2) is 18.5 Å². The Hall–Kier alpha value is -1.82. The Morgan fingerprint density at radius 1 is 1.41 bits per heavy atom. The number of anilines is 3. The highest BCUT2D eigenvalue weighted by atomic mass is 35.5. The second-order valence-electron chi connectivity index (χ2n) is 3.86. The second kappa shape index (κ2) is 4.58. The molecule has 0 unspecified atom stereocenters. The van der Waals surface area contributed by atoms with Crippen LogP contribution in [0.1, 0.15) is 19.9 Å². The summed E-state index contributed by atoms with van der Waals surface area (Å²) in [5.74, 6) is 0.682. The molecule has 2 heterocycles. The molecule has 2 aromatic heterocycles. The number of nitrogens with two attached hydrogens (primary N) is 1. The van der Waals surface area contributed by atoms with Crippen molar-refractivity contribution in [3.63, 3.8) is 0 Å². The maximum absolute atomic E-state index is 5.78. The molecule has 0 saturated heterocycles. The smallest absolute Gasteiger partial charge is 0.223 e. The number of hydrogen-bond donors (Lipinski definition) is 2. The molecule has 2 rings (SSSR count). The number of nitrogens with one attached hydrogen (secondary N) is 1. The summed E-state index contributed by atoms with van der Waals surface area (Å²) in [6.45, 7) is 4.10. The zero-order valence-electron chi connectivity index (χ0n) is 9.55. The van der Waals surface area contributed by atoms with Gasteiger partial charge in [0.25, 0.3) is 0 Å². The topological polar surface area (TPSA) is 81.7 Å². The van der Waals surface area contributed by atoms with Crippen LogP contribution >= 0.6 is 11.6 Å². The van der Waals surface area contributed by atoms with Crippen molar-refractivity contribution in [2.45, 2.75) is 19.9 Å². The molecule has 0 amide bonds. The lowest BCUT2D eigenvalue weighted by Crippen LogP contribution is -2.01. The first-order valence-corrected chi connectivity index (χ1v) is 5.53. The maximum Gasteiger partial charge on any atom is 0.223 e. The van der Waals surface area contributed by atoms with Gasteiger partial charge >= 0.3 is 0 Å². The summed E-state index contributed by atoms with van der Waals surface area (Å²) < 4.78 is 1.84. The van der Waals surface area contributed by atoms with Crippen LogP contribution in [0.4, 0.5) is 17.5 Å². The third-order valence-electron chi connectivity index (χ3n) is 2.12. The molecule has 0 aliphatic heterocycles. The van der Waals surface area contributed by atoms with E-state index in [1.807, 2.05) is 10.9 Å². The summed E-state index contributed by atoms with van der Waals surface area (Å²) >= 11 is 5.78. The molecule has 0 aromatic carbocycles. The summed E-state index contributed by atoms with van der Waals surface area (Å²) in [6.07, 6.45) is 3.60. The van der Waals surface area contributed by atoms with Crippen LogP contribution in [0.5, 0.6) is 0 Å². The van der Waals surface area contributed by atoms with Gasteiger partial charge in [0, 0.05) is 18.3 Å². The van der Waals surface area contributed by atoms with E-state index in [4.69, 9.17) is 17.3 Å². The predicted octanol–water partition coefficient (Wildman–Crippen LogP) is 2.23. The van der Waals surface area contributed by atoms with Gasteiger partial charge in [0.05, 0.1) is 11.9 Å². The molecular formula is C10H13ClN6. The van der Waals surface area contributed by atoms with Crippen molar-refractivity contribution in [1.82, 2.24) is 19.7 Å². The summed E-state index contributed by atoms with van der Waals surface area (Å²) in [5, 5.41) is 7.57. The Kier molecular flexibility index (Phi) is 3.14. The van der Waals surface area contributed by atoms with Crippen LogP contribution < -0.4 is 11.1 Å². The lowest BCUT2D eigenvalue weighted by Gasteiger charge is -2.05. The molecule has 0 aliphatic rings. The lowest BCUT2D eigenvalue weighted by atomic mass is 10.4. The SMILES string of the molecule is CC(C)n1cc(Nc2cc(Cl)nc(N)n2)cn1. The van der Waals surface area contributed by atoms with E-state index >= 15 is 0 Å². The zero-order valence-corrected chi connectivity index (χ0v) is 10.3. The number of rotatable bonds is 3. The fraction of sp³-hybridized carbons (Fsp3) is 0.300. The van der Waals surface area contributed by atoms with Crippen molar-refractivity contribution in [2.75, 3.05) is 11.1 Å². The number of nitrogen functional groups attached to an aromatic ring is 1. The van der Waals surface area contributed by atoms with Crippen molar-refractivity contribution in [2.24, 2.45) is 0 Å². The minimum absolute atomic E-state index is 0.135. The lowest BCUT2D eigenvalue weighted by molar-refractivity contribution is 0.532. The molecule has 0 radical (unpaired) electrons. The Morgan fingerprint density at radius 3 is 2.76 bits per heavy atom. The molecule has 6 nitrogen and oxygen atoms in total. The van der Waals surface area contributed by atoms with E-state index in [1.165, 1.54) is 0 Å². The van der Waals surface area contributed by atoms with Crippen LogP contribution in [0.25, 0.3) is 0 Å². The molecule has 3 N–H and O–H groups in total. The van der Waals surface area contributed by atoms with Crippen molar-refractivity contribution < 1.29 is 0 Å². The largest absolute Gasteiger partial charge is 0.368 e. The summed E-state index contributed by atoms with van der Waals surface area (Å²) in [5.41, 5.74) is 6.33. The van der Waals surface area contributed by atoms with E-state index < -0.39 is 0 Å². The van der Waals surface area contributed by atoms with Crippen LogP contribution in [0.2, 0.25) is 5.15 Å². The molecule has 0 bridgehead atoms. The molecule has 0 saturated carbocycles. The van der Waals surface area contributed by atoms with E-state index in [-0.39, 0.29) is 5.95 Å². The van der Waals surface area contributed by atoms with E-state index in [9.17, 15) is 0 Å². The van der Waals surface area contributed by atoms with Crippen molar-refractivity contribution in [3.8, 4) is 0 Å². The minimum Gasteiger partial charge on any atom is -0.368 e. The van der Waals surface area contributed by atoms with Gasteiger partial charge in [0.1, 0.15) is 11.0 Å². The number of aromatic nitrogens is 4.